The maximum Gasteiger partial charge on any atom is 0.237 e. The maximum absolute atomic E-state index is 11.9. The summed E-state index contributed by atoms with van der Waals surface area (Å²) in [7, 11) is 0. The molecule has 0 aromatic rings. The summed E-state index contributed by atoms with van der Waals surface area (Å²) in [4.78, 5) is 11.9. The van der Waals surface area contributed by atoms with Crippen molar-refractivity contribution in [2.24, 2.45) is 5.41 Å². The van der Waals surface area contributed by atoms with Crippen LogP contribution in [0.3, 0.4) is 0 Å². The first-order valence-corrected chi connectivity index (χ1v) is 6.13. The average Bonchev–Trinajstić information content (AvgIpc) is 2.76. The maximum atomic E-state index is 11.9. The molecular formula is C12H22N2O. The highest BCUT2D eigenvalue weighted by Gasteiger charge is 2.36. The molecule has 0 bridgehead atoms. The molecule has 0 spiro atoms. The lowest BCUT2D eigenvalue weighted by Gasteiger charge is -2.28. The number of carbonyl (C=O) groups excluding carboxylic acids is 1. The molecule has 1 aliphatic carbocycles. The monoisotopic (exact) mass is 210 g/mol. The van der Waals surface area contributed by atoms with Crippen molar-refractivity contribution in [3.63, 3.8) is 0 Å². The van der Waals surface area contributed by atoms with Gasteiger partial charge in [0.15, 0.2) is 0 Å². The van der Waals surface area contributed by atoms with E-state index in [4.69, 9.17) is 0 Å². The van der Waals surface area contributed by atoms with Crippen molar-refractivity contribution in [1.82, 2.24) is 10.6 Å². The SMILES string of the molecule is CC1(C)CCCC1NC(=O)[C@@H]1CCCN1. The number of amides is 1. The van der Waals surface area contributed by atoms with Crippen LogP contribution >= 0.6 is 0 Å². The summed E-state index contributed by atoms with van der Waals surface area (Å²) in [5.74, 6) is 0.215. The van der Waals surface area contributed by atoms with E-state index >= 15 is 0 Å². The van der Waals surface area contributed by atoms with E-state index in [0.717, 1.165) is 25.8 Å². The molecule has 0 radical (unpaired) electrons. The summed E-state index contributed by atoms with van der Waals surface area (Å²) in [6.45, 7) is 5.51. The fourth-order valence-electron chi connectivity index (χ4n) is 2.77. The summed E-state index contributed by atoms with van der Waals surface area (Å²) >= 11 is 0. The molecule has 0 aromatic heterocycles. The Bertz CT molecular complexity index is 244. The topological polar surface area (TPSA) is 41.1 Å². The van der Waals surface area contributed by atoms with E-state index in [0.29, 0.717) is 6.04 Å². The van der Waals surface area contributed by atoms with E-state index in [1.807, 2.05) is 0 Å². The van der Waals surface area contributed by atoms with Crippen LogP contribution in [0.1, 0.15) is 46.0 Å². The molecule has 1 unspecified atom stereocenters. The molecule has 0 aromatic carbocycles. The quantitative estimate of drug-likeness (QED) is 0.724. The van der Waals surface area contributed by atoms with Crippen LogP contribution in [0, 0.1) is 5.41 Å². The van der Waals surface area contributed by atoms with Crippen molar-refractivity contribution in [2.45, 2.75) is 58.0 Å². The summed E-state index contributed by atoms with van der Waals surface area (Å²) in [5.41, 5.74) is 0.286. The first kappa shape index (κ1) is 10.9. The standard InChI is InChI=1S/C12H22N2O/c1-12(2)7-3-6-10(12)14-11(15)9-5-4-8-13-9/h9-10,13H,3-8H2,1-2H3,(H,14,15)/t9-,10?/m0/s1. The summed E-state index contributed by atoms with van der Waals surface area (Å²) in [6.07, 6.45) is 5.75. The highest BCUT2D eigenvalue weighted by atomic mass is 16.2. The van der Waals surface area contributed by atoms with Crippen LogP contribution in [-0.2, 0) is 4.79 Å². The molecule has 1 heterocycles. The molecular weight excluding hydrogens is 188 g/mol. The van der Waals surface area contributed by atoms with E-state index in [-0.39, 0.29) is 17.4 Å². The minimum absolute atomic E-state index is 0.0707. The Morgan fingerprint density at radius 3 is 2.67 bits per heavy atom. The normalized spacial score (nSPS) is 34.3. The van der Waals surface area contributed by atoms with Gasteiger partial charge in [0, 0.05) is 6.04 Å². The predicted molar refractivity (Wildman–Crippen MR) is 60.6 cm³/mol. The van der Waals surface area contributed by atoms with Crippen LogP contribution in [0.2, 0.25) is 0 Å². The van der Waals surface area contributed by atoms with E-state index in [2.05, 4.69) is 24.5 Å². The third-order valence-electron chi connectivity index (χ3n) is 3.95. The molecule has 2 aliphatic rings. The molecule has 3 nitrogen and oxygen atoms in total. The largest absolute Gasteiger partial charge is 0.351 e. The molecule has 3 heteroatoms. The van der Waals surface area contributed by atoms with Gasteiger partial charge < -0.3 is 10.6 Å². The van der Waals surface area contributed by atoms with Crippen LogP contribution in [0.5, 0.6) is 0 Å². The lowest BCUT2D eigenvalue weighted by molar-refractivity contribution is -0.124. The van der Waals surface area contributed by atoms with E-state index in [1.54, 1.807) is 0 Å². The summed E-state index contributed by atoms with van der Waals surface area (Å²) in [6, 6.07) is 0.453. The number of carbonyl (C=O) groups is 1. The molecule has 2 N–H and O–H groups in total. The van der Waals surface area contributed by atoms with Crippen LogP contribution in [0.15, 0.2) is 0 Å². The average molecular weight is 210 g/mol. The van der Waals surface area contributed by atoms with E-state index in [1.165, 1.54) is 12.8 Å². The highest BCUT2D eigenvalue weighted by Crippen LogP contribution is 2.37. The van der Waals surface area contributed by atoms with Crippen LogP contribution in [0.25, 0.3) is 0 Å². The third-order valence-corrected chi connectivity index (χ3v) is 3.95. The number of nitrogens with one attached hydrogen (secondary N) is 2. The number of rotatable bonds is 2. The Morgan fingerprint density at radius 1 is 1.33 bits per heavy atom. The first-order chi connectivity index (χ1) is 7.09. The smallest absolute Gasteiger partial charge is 0.237 e. The fourth-order valence-corrected chi connectivity index (χ4v) is 2.77. The molecule has 1 aliphatic heterocycles. The van der Waals surface area contributed by atoms with Crippen molar-refractivity contribution in [2.75, 3.05) is 6.54 Å². The predicted octanol–water partition coefficient (Wildman–Crippen LogP) is 1.43. The zero-order valence-corrected chi connectivity index (χ0v) is 9.81. The van der Waals surface area contributed by atoms with Gasteiger partial charge >= 0.3 is 0 Å². The minimum Gasteiger partial charge on any atom is -0.351 e. The van der Waals surface area contributed by atoms with Crippen LogP contribution < -0.4 is 10.6 Å². The second-order valence-electron chi connectivity index (χ2n) is 5.59. The minimum atomic E-state index is 0.0707. The first-order valence-electron chi connectivity index (χ1n) is 6.13. The molecule has 2 fully saturated rings. The molecule has 86 valence electrons. The van der Waals surface area contributed by atoms with Gasteiger partial charge in [-0.15, -0.1) is 0 Å². The van der Waals surface area contributed by atoms with Crippen molar-refractivity contribution in [1.29, 1.82) is 0 Å². The van der Waals surface area contributed by atoms with Crippen molar-refractivity contribution < 1.29 is 4.79 Å². The van der Waals surface area contributed by atoms with E-state index in [9.17, 15) is 4.79 Å². The molecule has 1 amide bonds. The van der Waals surface area contributed by atoms with Gasteiger partial charge in [-0.05, 0) is 37.6 Å². The Balaban J connectivity index is 1.88. The second-order valence-corrected chi connectivity index (χ2v) is 5.59. The van der Waals surface area contributed by atoms with Gasteiger partial charge in [0.05, 0.1) is 6.04 Å². The van der Waals surface area contributed by atoms with E-state index < -0.39 is 0 Å². The Hall–Kier alpha value is -0.570. The van der Waals surface area contributed by atoms with Crippen LogP contribution in [-0.4, -0.2) is 24.5 Å². The molecule has 2 rings (SSSR count). The Morgan fingerprint density at radius 2 is 2.13 bits per heavy atom. The van der Waals surface area contributed by atoms with Crippen LogP contribution in [0.4, 0.5) is 0 Å². The van der Waals surface area contributed by atoms with Gasteiger partial charge in [0.2, 0.25) is 5.91 Å². The Labute approximate surface area is 92.0 Å². The second kappa shape index (κ2) is 4.12. The number of hydrogen-bond donors (Lipinski definition) is 2. The Kier molecular flexibility index (Phi) is 3.01. The van der Waals surface area contributed by atoms with Gasteiger partial charge in [-0.2, -0.15) is 0 Å². The van der Waals surface area contributed by atoms with Crippen molar-refractivity contribution >= 4 is 5.91 Å². The summed E-state index contributed by atoms with van der Waals surface area (Å²) < 4.78 is 0. The zero-order chi connectivity index (χ0) is 10.9. The van der Waals surface area contributed by atoms with Gasteiger partial charge in [0.25, 0.3) is 0 Å². The highest BCUT2D eigenvalue weighted by molar-refractivity contribution is 5.82. The van der Waals surface area contributed by atoms with Gasteiger partial charge in [-0.25, -0.2) is 0 Å². The molecule has 15 heavy (non-hydrogen) atoms. The fraction of sp³-hybridized carbons (Fsp3) is 0.917. The lowest BCUT2D eigenvalue weighted by atomic mass is 9.87. The molecule has 1 saturated carbocycles. The molecule has 1 saturated heterocycles. The summed E-state index contributed by atoms with van der Waals surface area (Å²) in [5, 5.41) is 6.46. The molecule has 2 atom stereocenters. The zero-order valence-electron chi connectivity index (χ0n) is 9.81. The van der Waals surface area contributed by atoms with Gasteiger partial charge in [0.1, 0.15) is 0 Å². The lowest BCUT2D eigenvalue weighted by Crippen LogP contribution is -2.48. The van der Waals surface area contributed by atoms with Gasteiger partial charge in [-0.3, -0.25) is 4.79 Å². The number of hydrogen-bond acceptors (Lipinski definition) is 2. The van der Waals surface area contributed by atoms with Gasteiger partial charge in [-0.1, -0.05) is 20.3 Å². The third kappa shape index (κ3) is 2.33. The van der Waals surface area contributed by atoms with Crippen molar-refractivity contribution in [3.05, 3.63) is 0 Å². The van der Waals surface area contributed by atoms with Crippen molar-refractivity contribution in [3.8, 4) is 0 Å².